The Kier molecular flexibility index (Phi) is 3.69. The zero-order chi connectivity index (χ0) is 13.0. The first-order chi connectivity index (χ1) is 8.72. The van der Waals surface area contributed by atoms with Gasteiger partial charge < -0.3 is 10.4 Å². The van der Waals surface area contributed by atoms with Crippen LogP contribution in [0.1, 0.15) is 16.2 Å². The normalized spacial score (nSPS) is 10.3. The lowest BCUT2D eigenvalue weighted by Gasteiger charge is -2.03. The van der Waals surface area contributed by atoms with Crippen LogP contribution in [0.5, 0.6) is 0 Å². The van der Waals surface area contributed by atoms with Crippen molar-refractivity contribution >= 4 is 11.6 Å². The van der Waals surface area contributed by atoms with Gasteiger partial charge in [-0.2, -0.15) is 0 Å². The summed E-state index contributed by atoms with van der Waals surface area (Å²) in [5, 5.41) is 19.2. The fourth-order valence-corrected chi connectivity index (χ4v) is 1.59. The van der Waals surface area contributed by atoms with Gasteiger partial charge in [0.25, 0.3) is 5.91 Å². The molecule has 1 aromatic carbocycles. The monoisotopic (exact) mass is 246 g/mol. The predicted molar refractivity (Wildman–Crippen MR) is 66.2 cm³/mol. The third-order valence-electron chi connectivity index (χ3n) is 2.54. The highest BCUT2D eigenvalue weighted by Crippen LogP contribution is 2.09. The van der Waals surface area contributed by atoms with E-state index < -0.39 is 0 Å². The van der Waals surface area contributed by atoms with Gasteiger partial charge in [-0.05, 0) is 19.1 Å². The van der Waals surface area contributed by atoms with Crippen LogP contribution in [0.3, 0.4) is 0 Å². The summed E-state index contributed by atoms with van der Waals surface area (Å²) in [4.78, 5) is 12.0. The number of hydrogen-bond acceptors (Lipinski definition) is 4. The van der Waals surface area contributed by atoms with Crippen LogP contribution in [0.25, 0.3) is 0 Å². The number of benzene rings is 1. The van der Waals surface area contributed by atoms with E-state index >= 15 is 0 Å². The van der Waals surface area contributed by atoms with Crippen molar-refractivity contribution in [2.45, 2.75) is 13.5 Å². The number of carbonyl (C=O) groups excluding carboxylic acids is 1. The molecule has 1 amide bonds. The Morgan fingerprint density at radius 2 is 2.11 bits per heavy atom. The first-order valence-corrected chi connectivity index (χ1v) is 5.59. The first kappa shape index (κ1) is 12.3. The molecule has 0 spiro atoms. The number of nitrogens with one attached hydrogen (secondary N) is 1. The summed E-state index contributed by atoms with van der Waals surface area (Å²) in [5.41, 5.74) is 1.61. The van der Waals surface area contributed by atoms with E-state index in [9.17, 15) is 4.79 Å². The van der Waals surface area contributed by atoms with Gasteiger partial charge in [0, 0.05) is 5.69 Å². The molecule has 0 bridgehead atoms. The zero-order valence-electron chi connectivity index (χ0n) is 10.00. The van der Waals surface area contributed by atoms with Gasteiger partial charge in [-0.1, -0.05) is 23.4 Å². The molecule has 0 aliphatic carbocycles. The van der Waals surface area contributed by atoms with E-state index in [4.69, 9.17) is 5.11 Å². The molecule has 0 saturated heterocycles. The third kappa shape index (κ3) is 2.54. The summed E-state index contributed by atoms with van der Waals surface area (Å²) >= 11 is 0. The standard InChI is InChI=1S/C12H14N4O2/c1-9-11(14-15-16(9)7-8-17)12(18)13-10-5-3-2-4-6-10/h2-6,17H,7-8H2,1H3,(H,13,18). The molecular formula is C12H14N4O2. The maximum Gasteiger partial charge on any atom is 0.278 e. The van der Waals surface area contributed by atoms with Crippen LogP contribution in [0, 0.1) is 6.92 Å². The van der Waals surface area contributed by atoms with Gasteiger partial charge in [-0.25, -0.2) is 4.68 Å². The van der Waals surface area contributed by atoms with E-state index in [-0.39, 0.29) is 18.2 Å². The maximum atomic E-state index is 12.0. The number of amides is 1. The molecule has 94 valence electrons. The fourth-order valence-electron chi connectivity index (χ4n) is 1.59. The third-order valence-corrected chi connectivity index (χ3v) is 2.54. The van der Waals surface area contributed by atoms with Crippen molar-refractivity contribution in [2.75, 3.05) is 11.9 Å². The molecule has 2 rings (SSSR count). The van der Waals surface area contributed by atoms with E-state index in [1.54, 1.807) is 19.1 Å². The highest BCUT2D eigenvalue weighted by Gasteiger charge is 2.16. The number of nitrogens with zero attached hydrogens (tertiary/aromatic N) is 3. The van der Waals surface area contributed by atoms with Crippen molar-refractivity contribution in [1.82, 2.24) is 15.0 Å². The van der Waals surface area contributed by atoms with Crippen LogP contribution in [0.15, 0.2) is 30.3 Å². The number of anilines is 1. The van der Waals surface area contributed by atoms with Crippen LogP contribution < -0.4 is 5.32 Å². The summed E-state index contributed by atoms with van der Waals surface area (Å²) in [5.74, 6) is -0.303. The van der Waals surface area contributed by atoms with Crippen molar-refractivity contribution in [3.05, 3.63) is 41.7 Å². The topological polar surface area (TPSA) is 80.0 Å². The van der Waals surface area contributed by atoms with Gasteiger partial charge >= 0.3 is 0 Å². The van der Waals surface area contributed by atoms with Crippen LogP contribution >= 0.6 is 0 Å². The Hall–Kier alpha value is -2.21. The number of aliphatic hydroxyl groups excluding tert-OH is 1. The molecule has 0 unspecified atom stereocenters. The number of carbonyl (C=O) groups is 1. The minimum absolute atomic E-state index is 0.0378. The minimum atomic E-state index is -0.303. The maximum absolute atomic E-state index is 12.0. The van der Waals surface area contributed by atoms with E-state index in [2.05, 4.69) is 15.6 Å². The smallest absolute Gasteiger partial charge is 0.278 e. The average molecular weight is 246 g/mol. The van der Waals surface area contributed by atoms with E-state index in [0.717, 1.165) is 0 Å². The molecule has 2 N–H and O–H groups in total. The van der Waals surface area contributed by atoms with E-state index in [1.807, 2.05) is 18.2 Å². The Morgan fingerprint density at radius 3 is 2.78 bits per heavy atom. The molecule has 0 fully saturated rings. The van der Waals surface area contributed by atoms with Gasteiger partial charge in [0.05, 0.1) is 18.8 Å². The average Bonchev–Trinajstić information content (AvgIpc) is 2.73. The van der Waals surface area contributed by atoms with Crippen LogP contribution in [0.4, 0.5) is 5.69 Å². The molecule has 6 nitrogen and oxygen atoms in total. The number of hydrogen-bond donors (Lipinski definition) is 2. The molecule has 0 aliphatic heterocycles. The van der Waals surface area contributed by atoms with Gasteiger partial charge in [-0.3, -0.25) is 4.79 Å². The second-order valence-corrected chi connectivity index (χ2v) is 3.79. The summed E-state index contributed by atoms with van der Waals surface area (Å²) < 4.78 is 1.50. The first-order valence-electron chi connectivity index (χ1n) is 5.59. The van der Waals surface area contributed by atoms with Crippen molar-refractivity contribution in [3.8, 4) is 0 Å². The number of aliphatic hydroxyl groups is 1. The Balaban J connectivity index is 2.14. The molecule has 0 radical (unpaired) electrons. The lowest BCUT2D eigenvalue weighted by molar-refractivity contribution is 0.102. The SMILES string of the molecule is Cc1c(C(=O)Nc2ccccc2)nnn1CCO. The van der Waals surface area contributed by atoms with Crippen molar-refractivity contribution in [1.29, 1.82) is 0 Å². The van der Waals surface area contributed by atoms with Gasteiger partial charge in [0.1, 0.15) is 0 Å². The Labute approximate surface area is 104 Å². The van der Waals surface area contributed by atoms with Crippen molar-refractivity contribution < 1.29 is 9.90 Å². The van der Waals surface area contributed by atoms with Gasteiger partial charge in [0.15, 0.2) is 5.69 Å². The number of aromatic nitrogens is 3. The molecule has 18 heavy (non-hydrogen) atoms. The molecular weight excluding hydrogens is 232 g/mol. The predicted octanol–water partition coefficient (Wildman–Crippen LogP) is 0.831. The van der Waals surface area contributed by atoms with Crippen molar-refractivity contribution in [3.63, 3.8) is 0 Å². The molecule has 0 saturated carbocycles. The number of rotatable bonds is 4. The number of para-hydroxylation sites is 1. The molecule has 1 heterocycles. The molecule has 0 atom stereocenters. The molecule has 6 heteroatoms. The lowest BCUT2D eigenvalue weighted by Crippen LogP contribution is -2.14. The van der Waals surface area contributed by atoms with Crippen LogP contribution in [0.2, 0.25) is 0 Å². The minimum Gasteiger partial charge on any atom is -0.394 e. The largest absolute Gasteiger partial charge is 0.394 e. The van der Waals surface area contributed by atoms with Crippen LogP contribution in [-0.4, -0.2) is 32.6 Å². The van der Waals surface area contributed by atoms with Crippen LogP contribution in [-0.2, 0) is 6.54 Å². The van der Waals surface area contributed by atoms with E-state index in [0.29, 0.717) is 17.9 Å². The molecule has 0 aliphatic rings. The molecule has 2 aromatic rings. The Bertz CT molecular complexity index is 536. The van der Waals surface area contributed by atoms with Gasteiger partial charge in [0.2, 0.25) is 0 Å². The van der Waals surface area contributed by atoms with Crippen molar-refractivity contribution in [2.24, 2.45) is 0 Å². The Morgan fingerprint density at radius 1 is 1.39 bits per heavy atom. The fraction of sp³-hybridized carbons (Fsp3) is 0.250. The summed E-state index contributed by atoms with van der Waals surface area (Å²) in [6, 6.07) is 9.14. The summed E-state index contributed by atoms with van der Waals surface area (Å²) in [7, 11) is 0. The summed E-state index contributed by atoms with van der Waals surface area (Å²) in [6.45, 7) is 2.04. The quantitative estimate of drug-likeness (QED) is 0.837. The zero-order valence-corrected chi connectivity index (χ0v) is 10.00. The second kappa shape index (κ2) is 5.42. The lowest BCUT2D eigenvalue weighted by atomic mass is 10.3. The highest BCUT2D eigenvalue weighted by atomic mass is 16.3. The summed E-state index contributed by atoms with van der Waals surface area (Å²) in [6.07, 6.45) is 0. The van der Waals surface area contributed by atoms with Gasteiger partial charge in [-0.15, -0.1) is 5.10 Å². The second-order valence-electron chi connectivity index (χ2n) is 3.79. The van der Waals surface area contributed by atoms with E-state index in [1.165, 1.54) is 4.68 Å². The highest BCUT2D eigenvalue weighted by molar-refractivity contribution is 6.03. The molecule has 1 aromatic heterocycles.